The number of hydrogen-bond donors (Lipinski definition) is 2. The molecule has 0 heterocycles. The monoisotopic (exact) mass is 464 g/mol. The fraction of sp³-hybridized carbons (Fsp3) is 0.0952. The molecule has 0 saturated carbocycles. The van der Waals surface area contributed by atoms with E-state index in [2.05, 4.69) is 10.6 Å². The van der Waals surface area contributed by atoms with Crippen LogP contribution in [0.1, 0.15) is 5.56 Å². The molecule has 0 atom stereocenters. The lowest BCUT2D eigenvalue weighted by molar-refractivity contribution is 0.262. The number of rotatable bonds is 6. The third-order valence-corrected chi connectivity index (χ3v) is 6.54. The summed E-state index contributed by atoms with van der Waals surface area (Å²) in [6, 6.07) is 17.1. The number of methoxy groups -OCH3 is 1. The lowest BCUT2D eigenvalue weighted by Gasteiger charge is -2.11. The highest BCUT2D eigenvalue weighted by Crippen LogP contribution is 2.26. The van der Waals surface area contributed by atoms with Gasteiger partial charge in [0.2, 0.25) is 0 Å². The molecule has 9 heteroatoms. The summed E-state index contributed by atoms with van der Waals surface area (Å²) in [6.45, 7) is 0. The number of sulfone groups is 1. The van der Waals surface area contributed by atoms with Crippen LogP contribution in [0.5, 0.6) is 5.75 Å². The lowest BCUT2D eigenvalue weighted by atomic mass is 10.2. The number of anilines is 2. The second kappa shape index (κ2) is 9.38. The van der Waals surface area contributed by atoms with Crippen molar-refractivity contribution in [1.29, 1.82) is 0 Å². The molecule has 2 N–H and O–H groups in total. The Kier molecular flexibility index (Phi) is 6.87. The molecule has 0 unspecified atom stereocenters. The summed E-state index contributed by atoms with van der Waals surface area (Å²) < 4.78 is 30.7. The van der Waals surface area contributed by atoms with Crippen LogP contribution in [0, 0.1) is 0 Å². The van der Waals surface area contributed by atoms with Crippen LogP contribution in [0.15, 0.2) is 71.6 Å². The van der Waals surface area contributed by atoms with Gasteiger partial charge >= 0.3 is 6.03 Å². The van der Waals surface area contributed by atoms with E-state index in [1.54, 1.807) is 48.5 Å². The van der Waals surface area contributed by atoms with Crippen molar-refractivity contribution in [2.45, 2.75) is 10.6 Å². The van der Waals surface area contributed by atoms with Crippen molar-refractivity contribution in [3.63, 3.8) is 0 Å². The summed E-state index contributed by atoms with van der Waals surface area (Å²) in [5, 5.41) is 5.93. The maximum absolute atomic E-state index is 12.8. The maximum atomic E-state index is 12.8. The van der Waals surface area contributed by atoms with E-state index >= 15 is 0 Å². The smallest absolute Gasteiger partial charge is 0.323 e. The zero-order chi connectivity index (χ0) is 21.7. The summed E-state index contributed by atoms with van der Waals surface area (Å²) in [5.74, 6) is 0.354. The first-order valence-corrected chi connectivity index (χ1v) is 11.2. The van der Waals surface area contributed by atoms with Gasteiger partial charge in [-0.05, 0) is 48.0 Å². The van der Waals surface area contributed by atoms with Crippen LogP contribution in [0.4, 0.5) is 16.2 Å². The number of ether oxygens (including phenoxy) is 1. The van der Waals surface area contributed by atoms with Crippen molar-refractivity contribution >= 4 is 50.4 Å². The summed E-state index contributed by atoms with van der Waals surface area (Å²) in [6.07, 6.45) is 0. The number of halogens is 2. The molecule has 3 aromatic carbocycles. The fourth-order valence-electron chi connectivity index (χ4n) is 2.69. The highest BCUT2D eigenvalue weighted by Gasteiger charge is 2.17. The largest absolute Gasteiger partial charge is 0.497 e. The van der Waals surface area contributed by atoms with E-state index in [1.165, 1.54) is 25.3 Å². The molecule has 0 bridgehead atoms. The third-order valence-electron chi connectivity index (χ3n) is 4.12. The van der Waals surface area contributed by atoms with Crippen LogP contribution in [-0.2, 0) is 15.6 Å². The molecule has 0 aliphatic rings. The van der Waals surface area contributed by atoms with Gasteiger partial charge in [-0.15, -0.1) is 0 Å². The summed E-state index contributed by atoms with van der Waals surface area (Å²) in [4.78, 5) is 12.3. The van der Waals surface area contributed by atoms with E-state index in [0.29, 0.717) is 27.7 Å². The molecular weight excluding hydrogens is 447 g/mol. The summed E-state index contributed by atoms with van der Waals surface area (Å²) in [7, 11) is -2.13. The van der Waals surface area contributed by atoms with Crippen LogP contribution in [0.25, 0.3) is 0 Å². The Hall–Kier alpha value is -2.74. The van der Waals surface area contributed by atoms with E-state index in [1.807, 2.05) is 0 Å². The van der Waals surface area contributed by atoms with Gasteiger partial charge in [0.25, 0.3) is 0 Å². The number of carbonyl (C=O) groups excluding carboxylic acids is 1. The number of urea groups is 1. The average molecular weight is 465 g/mol. The van der Waals surface area contributed by atoms with Gasteiger partial charge < -0.3 is 15.4 Å². The molecule has 6 nitrogen and oxygen atoms in total. The molecule has 30 heavy (non-hydrogen) atoms. The van der Waals surface area contributed by atoms with Gasteiger partial charge in [0.1, 0.15) is 5.75 Å². The van der Waals surface area contributed by atoms with E-state index in [0.717, 1.165) is 0 Å². The Morgan fingerprint density at radius 2 is 1.57 bits per heavy atom. The Morgan fingerprint density at radius 3 is 2.23 bits per heavy atom. The quantitative estimate of drug-likeness (QED) is 0.495. The number of carbonyl (C=O) groups is 1. The average Bonchev–Trinajstić information content (AvgIpc) is 2.71. The van der Waals surface area contributed by atoms with Crippen LogP contribution in [0.2, 0.25) is 10.0 Å². The van der Waals surface area contributed by atoms with Crippen molar-refractivity contribution < 1.29 is 17.9 Å². The van der Waals surface area contributed by atoms with Crippen LogP contribution >= 0.6 is 23.2 Å². The number of nitrogens with one attached hydrogen (secondary N) is 2. The Balaban J connectivity index is 1.72. The van der Waals surface area contributed by atoms with Gasteiger partial charge in [-0.25, -0.2) is 13.2 Å². The maximum Gasteiger partial charge on any atom is 0.323 e. The molecular formula is C21H18Cl2N2O4S. The Bertz CT molecular complexity index is 1180. The normalized spacial score (nSPS) is 11.0. The summed E-state index contributed by atoms with van der Waals surface area (Å²) >= 11 is 11.8. The first-order valence-electron chi connectivity index (χ1n) is 8.75. The van der Waals surface area contributed by atoms with Crippen molar-refractivity contribution in [2.24, 2.45) is 0 Å². The summed E-state index contributed by atoms with van der Waals surface area (Å²) in [5.41, 5.74) is 1.39. The van der Waals surface area contributed by atoms with Crippen LogP contribution in [-0.4, -0.2) is 21.6 Å². The predicted octanol–water partition coefficient (Wildman–Crippen LogP) is 5.62. The standard InChI is InChI=1S/C21H18Cl2N2O4S/c1-29-17-6-2-4-15(11-17)24-21(26)25-16-5-3-7-18(12-16)30(27,28)13-14-8-9-19(22)20(23)10-14/h2-12H,13H2,1H3,(H2,24,25,26). The Morgan fingerprint density at radius 1 is 0.900 bits per heavy atom. The van der Waals surface area contributed by atoms with Gasteiger partial charge in [0.05, 0.1) is 27.8 Å². The molecule has 0 radical (unpaired) electrons. The first-order chi connectivity index (χ1) is 14.3. The predicted molar refractivity (Wildman–Crippen MR) is 119 cm³/mol. The van der Waals surface area contributed by atoms with E-state index in [4.69, 9.17) is 27.9 Å². The molecule has 0 aromatic heterocycles. The second-order valence-corrected chi connectivity index (χ2v) is 9.15. The van der Waals surface area contributed by atoms with E-state index < -0.39 is 15.9 Å². The molecule has 156 valence electrons. The van der Waals surface area contributed by atoms with E-state index in [9.17, 15) is 13.2 Å². The zero-order valence-electron chi connectivity index (χ0n) is 15.9. The van der Waals surface area contributed by atoms with Gasteiger partial charge in [-0.2, -0.15) is 0 Å². The van der Waals surface area contributed by atoms with Gasteiger partial charge in [0, 0.05) is 17.4 Å². The van der Waals surface area contributed by atoms with Crippen molar-refractivity contribution in [2.75, 3.05) is 17.7 Å². The SMILES string of the molecule is COc1cccc(NC(=O)Nc2cccc(S(=O)(=O)Cc3ccc(Cl)c(Cl)c3)c2)c1. The highest BCUT2D eigenvalue weighted by molar-refractivity contribution is 7.90. The molecule has 0 aliphatic heterocycles. The van der Waals surface area contributed by atoms with Gasteiger partial charge in [-0.1, -0.05) is 41.4 Å². The molecule has 3 rings (SSSR count). The molecule has 2 amide bonds. The molecule has 0 spiro atoms. The molecule has 0 fully saturated rings. The highest BCUT2D eigenvalue weighted by atomic mass is 35.5. The van der Waals surface area contributed by atoms with Crippen LogP contribution < -0.4 is 15.4 Å². The number of amides is 2. The topological polar surface area (TPSA) is 84.5 Å². The van der Waals surface area contributed by atoms with Crippen molar-refractivity contribution in [3.8, 4) is 5.75 Å². The Labute approximate surface area is 184 Å². The molecule has 3 aromatic rings. The van der Waals surface area contributed by atoms with Crippen LogP contribution in [0.3, 0.4) is 0 Å². The van der Waals surface area contributed by atoms with Crippen molar-refractivity contribution in [3.05, 3.63) is 82.3 Å². The zero-order valence-corrected chi connectivity index (χ0v) is 18.2. The number of hydrogen-bond acceptors (Lipinski definition) is 4. The van der Waals surface area contributed by atoms with Crippen molar-refractivity contribution in [1.82, 2.24) is 0 Å². The minimum Gasteiger partial charge on any atom is -0.497 e. The van der Waals surface area contributed by atoms with Gasteiger partial charge in [0.15, 0.2) is 9.84 Å². The molecule has 0 saturated heterocycles. The lowest BCUT2D eigenvalue weighted by Crippen LogP contribution is -2.19. The minimum atomic E-state index is -3.66. The second-order valence-electron chi connectivity index (χ2n) is 6.35. The third kappa shape index (κ3) is 5.66. The van der Waals surface area contributed by atoms with E-state index in [-0.39, 0.29) is 15.7 Å². The fourth-order valence-corrected chi connectivity index (χ4v) is 4.39. The molecule has 0 aliphatic carbocycles. The first kappa shape index (κ1) is 22.0. The number of benzene rings is 3. The minimum absolute atomic E-state index is 0.0766. The van der Waals surface area contributed by atoms with Gasteiger partial charge in [-0.3, -0.25) is 0 Å².